The zero-order valence-corrected chi connectivity index (χ0v) is 10.8. The molecule has 0 spiro atoms. The van der Waals surface area contributed by atoms with Gasteiger partial charge in [0.2, 0.25) is 0 Å². The maximum Gasteiger partial charge on any atom is 0.0110 e. The van der Waals surface area contributed by atoms with Crippen molar-refractivity contribution in [3.8, 4) is 0 Å². The van der Waals surface area contributed by atoms with Crippen LogP contribution in [0.2, 0.25) is 0 Å². The van der Waals surface area contributed by atoms with E-state index in [0.717, 1.165) is 19.6 Å². The van der Waals surface area contributed by atoms with E-state index in [2.05, 4.69) is 43.2 Å². The summed E-state index contributed by atoms with van der Waals surface area (Å²) in [4.78, 5) is 2.58. The maximum absolute atomic E-state index is 3.55. The zero-order valence-electron chi connectivity index (χ0n) is 10.8. The van der Waals surface area contributed by atoms with Crippen molar-refractivity contribution in [2.45, 2.75) is 45.7 Å². The Labute approximate surface area is 94.6 Å². The molecule has 0 bridgehead atoms. The van der Waals surface area contributed by atoms with Gasteiger partial charge in [-0.05, 0) is 40.7 Å². The van der Waals surface area contributed by atoms with Crippen LogP contribution < -0.4 is 10.6 Å². The molecule has 1 atom stereocenters. The molecule has 0 aliphatic carbocycles. The molecule has 1 unspecified atom stereocenters. The minimum Gasteiger partial charge on any atom is -0.314 e. The second kappa shape index (κ2) is 5.83. The molecule has 90 valence electrons. The van der Waals surface area contributed by atoms with Crippen molar-refractivity contribution in [3.05, 3.63) is 0 Å². The third kappa shape index (κ3) is 5.50. The zero-order chi connectivity index (χ0) is 11.3. The molecule has 1 fully saturated rings. The van der Waals surface area contributed by atoms with Gasteiger partial charge in [0.25, 0.3) is 0 Å². The second-order valence-electron chi connectivity index (χ2n) is 5.60. The fourth-order valence-electron chi connectivity index (χ4n) is 1.96. The van der Waals surface area contributed by atoms with Gasteiger partial charge in [-0.15, -0.1) is 0 Å². The molecule has 1 heterocycles. The lowest BCUT2D eigenvalue weighted by atomic mass is 10.1. The lowest BCUT2D eigenvalue weighted by molar-refractivity contribution is 0.173. The normalized spacial score (nSPS) is 21.6. The van der Waals surface area contributed by atoms with E-state index in [0.29, 0.717) is 6.04 Å². The summed E-state index contributed by atoms with van der Waals surface area (Å²) in [5, 5.41) is 6.94. The fourth-order valence-corrected chi connectivity index (χ4v) is 1.96. The topological polar surface area (TPSA) is 27.3 Å². The Kier molecular flexibility index (Phi) is 5.03. The summed E-state index contributed by atoms with van der Waals surface area (Å²) in [6.07, 6.45) is 1.25. The summed E-state index contributed by atoms with van der Waals surface area (Å²) < 4.78 is 0. The molecule has 3 heteroatoms. The van der Waals surface area contributed by atoms with E-state index >= 15 is 0 Å². The van der Waals surface area contributed by atoms with Crippen LogP contribution in [0.5, 0.6) is 0 Å². The van der Waals surface area contributed by atoms with E-state index in [1.54, 1.807) is 0 Å². The summed E-state index contributed by atoms with van der Waals surface area (Å²) in [7, 11) is 0. The smallest absolute Gasteiger partial charge is 0.0110 e. The number of rotatable bonds is 4. The van der Waals surface area contributed by atoms with E-state index in [-0.39, 0.29) is 5.54 Å². The Balaban J connectivity index is 2.14. The summed E-state index contributed by atoms with van der Waals surface area (Å²) in [5.41, 5.74) is 0.253. The van der Waals surface area contributed by atoms with Crippen LogP contribution in [-0.4, -0.2) is 49.2 Å². The summed E-state index contributed by atoms with van der Waals surface area (Å²) in [6.45, 7) is 14.8. The average molecular weight is 213 g/mol. The molecule has 1 aliphatic rings. The van der Waals surface area contributed by atoms with Gasteiger partial charge < -0.3 is 10.6 Å². The van der Waals surface area contributed by atoms with E-state index in [9.17, 15) is 0 Å². The van der Waals surface area contributed by atoms with Crippen molar-refractivity contribution >= 4 is 0 Å². The molecule has 0 aromatic heterocycles. The molecule has 15 heavy (non-hydrogen) atoms. The molecule has 1 aliphatic heterocycles. The predicted molar refractivity (Wildman–Crippen MR) is 66.3 cm³/mol. The van der Waals surface area contributed by atoms with Crippen LogP contribution in [0.4, 0.5) is 0 Å². The highest BCUT2D eigenvalue weighted by molar-refractivity contribution is 4.76. The highest BCUT2D eigenvalue weighted by Crippen LogP contribution is 2.06. The third-order valence-electron chi connectivity index (χ3n) is 2.99. The van der Waals surface area contributed by atoms with Gasteiger partial charge in [0.1, 0.15) is 0 Å². The van der Waals surface area contributed by atoms with Gasteiger partial charge >= 0.3 is 0 Å². The first-order valence-electron chi connectivity index (χ1n) is 6.19. The van der Waals surface area contributed by atoms with Crippen LogP contribution in [0.25, 0.3) is 0 Å². The van der Waals surface area contributed by atoms with Gasteiger partial charge in [0.05, 0.1) is 0 Å². The number of hydrogen-bond donors (Lipinski definition) is 2. The van der Waals surface area contributed by atoms with Gasteiger partial charge in [-0.3, -0.25) is 4.90 Å². The Morgan fingerprint density at radius 1 is 1.27 bits per heavy atom. The van der Waals surface area contributed by atoms with Crippen LogP contribution in [0.1, 0.15) is 34.1 Å². The standard InChI is InChI=1S/C12H27N3/c1-11(5-6-14-12(2,3)4)15-9-7-13-8-10-15/h11,13-14H,5-10H2,1-4H3. The molecular weight excluding hydrogens is 186 g/mol. The fraction of sp³-hybridized carbons (Fsp3) is 1.00. The molecule has 0 saturated carbocycles. The van der Waals surface area contributed by atoms with Crippen molar-refractivity contribution in [1.82, 2.24) is 15.5 Å². The van der Waals surface area contributed by atoms with Crippen molar-refractivity contribution in [1.29, 1.82) is 0 Å². The van der Waals surface area contributed by atoms with Crippen LogP contribution in [0.15, 0.2) is 0 Å². The van der Waals surface area contributed by atoms with Gasteiger partial charge in [-0.1, -0.05) is 0 Å². The number of nitrogens with zero attached hydrogens (tertiary/aromatic N) is 1. The molecule has 3 nitrogen and oxygen atoms in total. The SMILES string of the molecule is CC(CCNC(C)(C)C)N1CCNCC1. The first-order valence-corrected chi connectivity index (χ1v) is 6.19. The van der Waals surface area contributed by atoms with E-state index < -0.39 is 0 Å². The van der Waals surface area contributed by atoms with Crippen molar-refractivity contribution in [2.75, 3.05) is 32.7 Å². The summed E-state index contributed by atoms with van der Waals surface area (Å²) in [5.74, 6) is 0. The Bertz CT molecular complexity index is 168. The van der Waals surface area contributed by atoms with Gasteiger partial charge in [-0.2, -0.15) is 0 Å². The van der Waals surface area contributed by atoms with E-state index in [1.807, 2.05) is 0 Å². The number of nitrogens with one attached hydrogen (secondary N) is 2. The van der Waals surface area contributed by atoms with Crippen LogP contribution in [0.3, 0.4) is 0 Å². The molecule has 0 aromatic carbocycles. The predicted octanol–water partition coefficient (Wildman–Crippen LogP) is 1.06. The number of hydrogen-bond acceptors (Lipinski definition) is 3. The minimum absolute atomic E-state index is 0.253. The third-order valence-corrected chi connectivity index (χ3v) is 2.99. The maximum atomic E-state index is 3.55. The largest absolute Gasteiger partial charge is 0.314 e. The monoisotopic (exact) mass is 213 g/mol. The van der Waals surface area contributed by atoms with Crippen molar-refractivity contribution in [3.63, 3.8) is 0 Å². The molecular formula is C12H27N3. The quantitative estimate of drug-likeness (QED) is 0.731. The molecule has 0 aromatic rings. The highest BCUT2D eigenvalue weighted by Gasteiger charge is 2.16. The van der Waals surface area contributed by atoms with Crippen LogP contribution in [-0.2, 0) is 0 Å². The molecule has 0 radical (unpaired) electrons. The molecule has 1 rings (SSSR count). The second-order valence-corrected chi connectivity index (χ2v) is 5.60. The van der Waals surface area contributed by atoms with Crippen LogP contribution in [0, 0.1) is 0 Å². The van der Waals surface area contributed by atoms with Gasteiger partial charge in [0, 0.05) is 37.8 Å². The lowest BCUT2D eigenvalue weighted by Gasteiger charge is -2.33. The molecule has 2 N–H and O–H groups in total. The molecule has 0 amide bonds. The Morgan fingerprint density at radius 2 is 1.87 bits per heavy atom. The Hall–Kier alpha value is -0.120. The molecule has 1 saturated heterocycles. The summed E-state index contributed by atoms with van der Waals surface area (Å²) in [6, 6.07) is 0.710. The van der Waals surface area contributed by atoms with Crippen molar-refractivity contribution in [2.24, 2.45) is 0 Å². The first kappa shape index (κ1) is 12.9. The highest BCUT2D eigenvalue weighted by atomic mass is 15.2. The Morgan fingerprint density at radius 3 is 2.40 bits per heavy atom. The lowest BCUT2D eigenvalue weighted by Crippen LogP contribution is -2.48. The van der Waals surface area contributed by atoms with Crippen molar-refractivity contribution < 1.29 is 0 Å². The van der Waals surface area contributed by atoms with E-state index in [4.69, 9.17) is 0 Å². The van der Waals surface area contributed by atoms with Gasteiger partial charge in [-0.25, -0.2) is 0 Å². The summed E-state index contributed by atoms with van der Waals surface area (Å²) >= 11 is 0. The average Bonchev–Trinajstić information content (AvgIpc) is 2.17. The number of piperazine rings is 1. The van der Waals surface area contributed by atoms with Gasteiger partial charge in [0.15, 0.2) is 0 Å². The minimum atomic E-state index is 0.253. The first-order chi connectivity index (χ1) is 6.99. The van der Waals surface area contributed by atoms with Crippen LogP contribution >= 0.6 is 0 Å². The van der Waals surface area contributed by atoms with E-state index in [1.165, 1.54) is 19.5 Å².